The van der Waals surface area contributed by atoms with Gasteiger partial charge in [0.15, 0.2) is 0 Å². The van der Waals surface area contributed by atoms with Crippen LogP contribution in [0.4, 0.5) is 4.39 Å². The van der Waals surface area contributed by atoms with Crippen LogP contribution in [0.3, 0.4) is 0 Å². The van der Waals surface area contributed by atoms with Crippen molar-refractivity contribution >= 4 is 23.1 Å². The molecule has 1 aromatic heterocycles. The molecule has 0 aliphatic rings. The topological polar surface area (TPSA) is 46.0 Å². The molecule has 0 saturated heterocycles. The third-order valence-corrected chi connectivity index (χ3v) is 3.62. The Kier molecular flexibility index (Phi) is 3.71. The van der Waals surface area contributed by atoms with Gasteiger partial charge in [0.2, 0.25) is 0 Å². The molecule has 0 radical (unpaired) electrons. The van der Waals surface area contributed by atoms with Crippen molar-refractivity contribution in [2.45, 2.75) is 19.4 Å². The number of aromatic nitrogens is 2. The van der Waals surface area contributed by atoms with Gasteiger partial charge in [-0.05, 0) is 36.2 Å². The first-order chi connectivity index (χ1) is 8.08. The molecule has 0 fully saturated rings. The highest BCUT2D eigenvalue weighted by molar-refractivity contribution is 7.05. The number of hydrogen-bond acceptors (Lipinski definition) is 4. The fraction of sp³-hybridized carbons (Fsp3) is 0.273. The third-order valence-electron chi connectivity index (χ3n) is 2.40. The lowest BCUT2D eigenvalue weighted by molar-refractivity contribution is 0.181. The molecule has 90 valence electrons. The van der Waals surface area contributed by atoms with Crippen LogP contribution in [0.5, 0.6) is 0 Å². The number of rotatable bonds is 3. The lowest BCUT2D eigenvalue weighted by atomic mass is 10.1. The van der Waals surface area contributed by atoms with Crippen LogP contribution >= 0.6 is 23.1 Å². The van der Waals surface area contributed by atoms with Crippen LogP contribution in [0, 0.1) is 12.7 Å². The largest absolute Gasteiger partial charge is 0.387 e. The molecule has 17 heavy (non-hydrogen) atoms. The van der Waals surface area contributed by atoms with Gasteiger partial charge in [0.05, 0.1) is 21.7 Å². The average molecular weight is 273 g/mol. The fourth-order valence-corrected chi connectivity index (χ4v) is 2.36. The van der Waals surface area contributed by atoms with Crippen LogP contribution in [-0.2, 0) is 6.42 Å². The van der Waals surface area contributed by atoms with Crippen molar-refractivity contribution < 1.29 is 9.50 Å². The van der Waals surface area contributed by atoms with Gasteiger partial charge < -0.3 is 5.11 Å². The van der Waals surface area contributed by atoms with Gasteiger partial charge in [0.1, 0.15) is 5.82 Å². The Balaban J connectivity index is 2.16. The van der Waals surface area contributed by atoms with Gasteiger partial charge in [-0.25, -0.2) is 4.39 Å². The van der Waals surface area contributed by atoms with Gasteiger partial charge in [-0.3, -0.25) is 0 Å². The van der Waals surface area contributed by atoms with Crippen molar-refractivity contribution in [2.75, 3.05) is 0 Å². The number of aryl methyl sites for hydroxylation is 1. The summed E-state index contributed by atoms with van der Waals surface area (Å²) in [4.78, 5) is 0.727. The molecule has 1 unspecified atom stereocenters. The lowest BCUT2D eigenvalue weighted by Gasteiger charge is -2.09. The minimum atomic E-state index is -0.684. The monoisotopic (exact) mass is 272 g/mol. The summed E-state index contributed by atoms with van der Waals surface area (Å²) in [7, 11) is 0. The summed E-state index contributed by atoms with van der Waals surface area (Å²) >= 11 is 6.84. The molecule has 3 nitrogen and oxygen atoms in total. The molecule has 1 aromatic carbocycles. The zero-order valence-electron chi connectivity index (χ0n) is 9.02. The van der Waals surface area contributed by atoms with E-state index in [-0.39, 0.29) is 5.02 Å². The number of hydrogen-bond donors (Lipinski definition) is 1. The van der Waals surface area contributed by atoms with Crippen LogP contribution in [-0.4, -0.2) is 14.7 Å². The zero-order chi connectivity index (χ0) is 12.4. The summed E-state index contributed by atoms with van der Waals surface area (Å²) in [5, 5.41) is 13.9. The lowest BCUT2D eigenvalue weighted by Crippen LogP contribution is -2.01. The molecule has 1 N–H and O–H groups in total. The van der Waals surface area contributed by atoms with Crippen molar-refractivity contribution in [1.29, 1.82) is 0 Å². The predicted octanol–water partition coefficient (Wildman–Crippen LogP) is 2.92. The number of nitrogens with zero attached hydrogens (tertiary/aromatic N) is 2. The van der Waals surface area contributed by atoms with E-state index in [0.29, 0.717) is 6.42 Å². The van der Waals surface area contributed by atoms with Crippen LogP contribution in [0.25, 0.3) is 0 Å². The number of aliphatic hydroxyl groups excluding tert-OH is 1. The van der Waals surface area contributed by atoms with E-state index in [0.717, 1.165) is 16.1 Å². The molecule has 2 aromatic rings. The van der Waals surface area contributed by atoms with E-state index >= 15 is 0 Å². The third kappa shape index (κ3) is 2.80. The maximum atomic E-state index is 13.0. The van der Waals surface area contributed by atoms with Gasteiger partial charge in [-0.1, -0.05) is 22.2 Å². The van der Waals surface area contributed by atoms with E-state index in [1.807, 2.05) is 0 Å². The molecule has 0 amide bonds. The molecule has 2 rings (SSSR count). The van der Waals surface area contributed by atoms with E-state index < -0.39 is 11.9 Å². The summed E-state index contributed by atoms with van der Waals surface area (Å²) in [6.45, 7) is 1.79. The van der Waals surface area contributed by atoms with Crippen LogP contribution in [0.2, 0.25) is 5.02 Å². The second-order valence-corrected chi connectivity index (χ2v) is 4.88. The molecule has 0 aliphatic carbocycles. The Hall–Kier alpha value is -1.04. The molecule has 0 spiro atoms. The van der Waals surface area contributed by atoms with E-state index in [9.17, 15) is 9.50 Å². The van der Waals surface area contributed by atoms with E-state index in [1.165, 1.54) is 23.7 Å². The van der Waals surface area contributed by atoms with Gasteiger partial charge >= 0.3 is 0 Å². The summed E-state index contributed by atoms with van der Waals surface area (Å²) in [5.74, 6) is -0.458. The van der Waals surface area contributed by atoms with E-state index in [4.69, 9.17) is 11.6 Å². The van der Waals surface area contributed by atoms with Gasteiger partial charge in [-0.15, -0.1) is 5.10 Å². The normalized spacial score (nSPS) is 12.7. The molecular formula is C11H10ClFN2OS. The van der Waals surface area contributed by atoms with Crippen molar-refractivity contribution in [2.24, 2.45) is 0 Å². The van der Waals surface area contributed by atoms with Gasteiger partial charge in [-0.2, -0.15) is 0 Å². The Morgan fingerprint density at radius 3 is 2.88 bits per heavy atom. The second kappa shape index (κ2) is 5.08. The highest BCUT2D eigenvalue weighted by Crippen LogP contribution is 2.25. The van der Waals surface area contributed by atoms with Gasteiger partial charge in [0.25, 0.3) is 0 Å². The predicted molar refractivity (Wildman–Crippen MR) is 64.7 cm³/mol. The van der Waals surface area contributed by atoms with Crippen molar-refractivity contribution in [3.8, 4) is 0 Å². The van der Waals surface area contributed by atoms with Crippen molar-refractivity contribution in [3.05, 3.63) is 45.2 Å². The van der Waals surface area contributed by atoms with Crippen LogP contribution < -0.4 is 0 Å². The van der Waals surface area contributed by atoms with E-state index in [1.54, 1.807) is 13.0 Å². The van der Waals surface area contributed by atoms with E-state index in [2.05, 4.69) is 9.59 Å². The number of benzene rings is 1. The Labute approximate surface area is 107 Å². The molecule has 0 saturated carbocycles. The first kappa shape index (κ1) is 12.4. The maximum absolute atomic E-state index is 13.0. The first-order valence-electron chi connectivity index (χ1n) is 4.98. The minimum absolute atomic E-state index is 0.0638. The highest BCUT2D eigenvalue weighted by Gasteiger charge is 2.15. The molecule has 6 heteroatoms. The molecule has 0 bridgehead atoms. The van der Waals surface area contributed by atoms with Gasteiger partial charge in [0, 0.05) is 6.42 Å². The summed E-state index contributed by atoms with van der Waals surface area (Å²) in [6, 6.07) is 4.42. The van der Waals surface area contributed by atoms with Crippen LogP contribution in [0.1, 0.15) is 22.2 Å². The molecular weight excluding hydrogens is 263 g/mol. The maximum Gasteiger partial charge on any atom is 0.141 e. The Morgan fingerprint density at radius 1 is 1.53 bits per heavy atom. The number of halogens is 2. The minimum Gasteiger partial charge on any atom is -0.387 e. The Morgan fingerprint density at radius 2 is 2.29 bits per heavy atom. The first-order valence-corrected chi connectivity index (χ1v) is 6.14. The summed E-state index contributed by atoms with van der Waals surface area (Å²) in [6.07, 6.45) is -0.318. The quantitative estimate of drug-likeness (QED) is 0.934. The molecule has 0 aliphatic heterocycles. The average Bonchev–Trinajstić information content (AvgIpc) is 2.70. The van der Waals surface area contributed by atoms with Crippen molar-refractivity contribution in [1.82, 2.24) is 9.59 Å². The SMILES string of the molecule is Cc1nnsc1C(O)Cc1ccc(F)c(Cl)c1. The summed E-state index contributed by atoms with van der Waals surface area (Å²) < 4.78 is 16.7. The van der Waals surface area contributed by atoms with Crippen molar-refractivity contribution in [3.63, 3.8) is 0 Å². The molecule has 1 atom stereocenters. The fourth-order valence-electron chi connectivity index (χ4n) is 1.53. The highest BCUT2D eigenvalue weighted by atomic mass is 35.5. The number of aliphatic hydroxyl groups is 1. The Bertz CT molecular complexity index is 532. The standard InChI is InChI=1S/C11H10ClFN2OS/c1-6-11(17-15-14-6)10(16)5-7-2-3-9(13)8(12)4-7/h2-4,10,16H,5H2,1H3. The summed E-state index contributed by atoms with van der Waals surface area (Å²) in [5.41, 5.74) is 1.49. The zero-order valence-corrected chi connectivity index (χ0v) is 10.6. The smallest absolute Gasteiger partial charge is 0.141 e. The molecule has 1 heterocycles. The van der Waals surface area contributed by atoms with Crippen LogP contribution in [0.15, 0.2) is 18.2 Å². The second-order valence-electron chi connectivity index (χ2n) is 3.69.